The summed E-state index contributed by atoms with van der Waals surface area (Å²) in [5, 5.41) is 3.54. The lowest BCUT2D eigenvalue weighted by atomic mass is 10.1. The molecule has 1 saturated heterocycles. The zero-order valence-electron chi connectivity index (χ0n) is 10.7. The molecule has 1 atom stereocenters. The van der Waals surface area contributed by atoms with Gasteiger partial charge in [0.2, 0.25) is 0 Å². The molecule has 0 spiro atoms. The topological polar surface area (TPSA) is 30.5 Å². The highest BCUT2D eigenvalue weighted by atomic mass is 16.5. The number of rotatable bonds is 6. The van der Waals surface area contributed by atoms with E-state index >= 15 is 0 Å². The van der Waals surface area contributed by atoms with Crippen LogP contribution in [0.3, 0.4) is 0 Å². The van der Waals surface area contributed by atoms with E-state index in [-0.39, 0.29) is 0 Å². The molecule has 3 heteroatoms. The highest BCUT2D eigenvalue weighted by Crippen LogP contribution is 2.19. The zero-order valence-corrected chi connectivity index (χ0v) is 10.7. The molecule has 2 aliphatic rings. The van der Waals surface area contributed by atoms with Crippen molar-refractivity contribution in [1.29, 1.82) is 0 Å². The van der Waals surface area contributed by atoms with Gasteiger partial charge in [-0.15, -0.1) is 0 Å². The number of hydrogen-bond acceptors (Lipinski definition) is 3. The highest BCUT2D eigenvalue weighted by molar-refractivity contribution is 5.23. The van der Waals surface area contributed by atoms with Crippen LogP contribution >= 0.6 is 0 Å². The molecule has 1 aliphatic heterocycles. The van der Waals surface area contributed by atoms with E-state index in [1.54, 1.807) is 0 Å². The van der Waals surface area contributed by atoms with Gasteiger partial charge in [0.25, 0.3) is 0 Å². The molecular weight excluding hydrogens is 226 g/mol. The molecule has 0 aromatic heterocycles. The number of benzene rings is 1. The van der Waals surface area contributed by atoms with E-state index in [9.17, 15) is 0 Å². The van der Waals surface area contributed by atoms with Crippen molar-refractivity contribution in [2.75, 3.05) is 13.2 Å². The Bertz CT molecular complexity index is 384. The fourth-order valence-corrected chi connectivity index (χ4v) is 2.24. The van der Waals surface area contributed by atoms with Crippen LogP contribution in [0.1, 0.15) is 30.4 Å². The maximum atomic E-state index is 5.84. The summed E-state index contributed by atoms with van der Waals surface area (Å²) in [4.78, 5) is 0. The average molecular weight is 247 g/mol. The summed E-state index contributed by atoms with van der Waals surface area (Å²) < 4.78 is 11.1. The summed E-state index contributed by atoms with van der Waals surface area (Å²) in [5.74, 6) is 0. The van der Waals surface area contributed by atoms with Crippen LogP contribution in [0.5, 0.6) is 0 Å². The van der Waals surface area contributed by atoms with Crippen molar-refractivity contribution in [2.24, 2.45) is 0 Å². The van der Waals surface area contributed by atoms with Crippen molar-refractivity contribution < 1.29 is 9.47 Å². The largest absolute Gasteiger partial charge is 0.379 e. The third-order valence-electron chi connectivity index (χ3n) is 3.54. The van der Waals surface area contributed by atoms with E-state index in [4.69, 9.17) is 9.47 Å². The smallest absolute Gasteiger partial charge is 0.0834 e. The van der Waals surface area contributed by atoms with E-state index in [0.717, 1.165) is 32.2 Å². The minimum atomic E-state index is 0.290. The van der Waals surface area contributed by atoms with Gasteiger partial charge in [-0.3, -0.25) is 0 Å². The van der Waals surface area contributed by atoms with Crippen molar-refractivity contribution in [3.05, 3.63) is 35.4 Å². The lowest BCUT2D eigenvalue weighted by Gasteiger charge is -2.11. The fraction of sp³-hybridized carbons (Fsp3) is 0.600. The second-order valence-electron chi connectivity index (χ2n) is 5.27. The minimum Gasteiger partial charge on any atom is -0.379 e. The Hall–Kier alpha value is -0.900. The van der Waals surface area contributed by atoms with Gasteiger partial charge >= 0.3 is 0 Å². The van der Waals surface area contributed by atoms with Crippen LogP contribution in [0.15, 0.2) is 24.3 Å². The molecule has 2 fully saturated rings. The first-order valence-electron chi connectivity index (χ1n) is 6.91. The molecule has 3 nitrogen and oxygen atoms in total. The SMILES string of the molecule is c1cc(CNC2CC2)cc(COC2CCOC2)c1. The Morgan fingerprint density at radius 3 is 2.89 bits per heavy atom. The molecule has 0 bridgehead atoms. The van der Waals surface area contributed by atoms with E-state index < -0.39 is 0 Å². The van der Waals surface area contributed by atoms with Crippen LogP contribution in [0.2, 0.25) is 0 Å². The van der Waals surface area contributed by atoms with Crippen LogP contribution in [-0.4, -0.2) is 25.4 Å². The molecule has 1 aromatic rings. The first-order valence-corrected chi connectivity index (χ1v) is 6.91. The molecule has 0 amide bonds. The molecule has 18 heavy (non-hydrogen) atoms. The van der Waals surface area contributed by atoms with E-state index in [0.29, 0.717) is 12.7 Å². The maximum Gasteiger partial charge on any atom is 0.0834 e. The van der Waals surface area contributed by atoms with Gasteiger partial charge in [0, 0.05) is 19.2 Å². The molecular formula is C15H21NO2. The van der Waals surface area contributed by atoms with Gasteiger partial charge in [-0.05, 0) is 30.4 Å². The van der Waals surface area contributed by atoms with Crippen molar-refractivity contribution in [1.82, 2.24) is 5.32 Å². The second-order valence-corrected chi connectivity index (χ2v) is 5.27. The summed E-state index contributed by atoms with van der Waals surface area (Å²) in [6.45, 7) is 3.27. The van der Waals surface area contributed by atoms with Gasteiger partial charge in [-0.1, -0.05) is 24.3 Å². The lowest BCUT2D eigenvalue weighted by Crippen LogP contribution is -2.15. The standard InChI is InChI=1S/C15H21NO2/c1-2-12(9-16-14-4-5-14)8-13(3-1)10-18-15-6-7-17-11-15/h1-3,8,14-16H,4-7,9-11H2. The molecule has 1 N–H and O–H groups in total. The summed E-state index contributed by atoms with van der Waals surface area (Å²) in [6, 6.07) is 9.44. The van der Waals surface area contributed by atoms with Crippen molar-refractivity contribution in [2.45, 2.75) is 44.6 Å². The van der Waals surface area contributed by atoms with Crippen LogP contribution in [0.25, 0.3) is 0 Å². The molecule has 1 heterocycles. The van der Waals surface area contributed by atoms with Crippen LogP contribution in [0.4, 0.5) is 0 Å². The predicted molar refractivity (Wildman–Crippen MR) is 70.3 cm³/mol. The Kier molecular flexibility index (Phi) is 3.93. The van der Waals surface area contributed by atoms with Crippen molar-refractivity contribution in [3.63, 3.8) is 0 Å². The van der Waals surface area contributed by atoms with E-state index in [1.807, 2.05) is 0 Å². The number of nitrogens with one attached hydrogen (secondary N) is 1. The predicted octanol–water partition coefficient (Wildman–Crippen LogP) is 2.24. The minimum absolute atomic E-state index is 0.290. The molecule has 1 unspecified atom stereocenters. The zero-order chi connectivity index (χ0) is 12.2. The Morgan fingerprint density at radius 1 is 1.22 bits per heavy atom. The van der Waals surface area contributed by atoms with Gasteiger partial charge in [-0.2, -0.15) is 0 Å². The van der Waals surface area contributed by atoms with Crippen LogP contribution in [-0.2, 0) is 22.6 Å². The van der Waals surface area contributed by atoms with Crippen LogP contribution < -0.4 is 5.32 Å². The molecule has 1 aromatic carbocycles. The third-order valence-corrected chi connectivity index (χ3v) is 3.54. The monoisotopic (exact) mass is 247 g/mol. The van der Waals surface area contributed by atoms with Gasteiger partial charge in [-0.25, -0.2) is 0 Å². The Morgan fingerprint density at radius 2 is 2.11 bits per heavy atom. The molecule has 98 valence electrons. The molecule has 1 aliphatic carbocycles. The second kappa shape index (κ2) is 5.83. The van der Waals surface area contributed by atoms with Crippen molar-refractivity contribution in [3.8, 4) is 0 Å². The highest BCUT2D eigenvalue weighted by Gasteiger charge is 2.20. The average Bonchev–Trinajstić information content (AvgIpc) is 3.09. The molecule has 1 saturated carbocycles. The summed E-state index contributed by atoms with van der Waals surface area (Å²) in [5.41, 5.74) is 2.61. The molecule has 3 rings (SSSR count). The number of ether oxygens (including phenoxy) is 2. The van der Waals surface area contributed by atoms with Crippen molar-refractivity contribution >= 4 is 0 Å². The normalized spacial score (nSPS) is 23.4. The number of hydrogen-bond donors (Lipinski definition) is 1. The summed E-state index contributed by atoms with van der Waals surface area (Å²) in [7, 11) is 0. The van der Waals surface area contributed by atoms with Gasteiger partial charge in [0.05, 0.1) is 19.3 Å². The first-order chi connectivity index (χ1) is 8.90. The Balaban J connectivity index is 1.49. The third kappa shape index (κ3) is 3.55. The van der Waals surface area contributed by atoms with E-state index in [1.165, 1.54) is 24.0 Å². The maximum absolute atomic E-state index is 5.84. The summed E-state index contributed by atoms with van der Waals surface area (Å²) in [6.07, 6.45) is 4.00. The van der Waals surface area contributed by atoms with Gasteiger partial charge < -0.3 is 14.8 Å². The first kappa shape index (κ1) is 12.2. The van der Waals surface area contributed by atoms with E-state index in [2.05, 4.69) is 29.6 Å². The quantitative estimate of drug-likeness (QED) is 0.836. The lowest BCUT2D eigenvalue weighted by molar-refractivity contribution is 0.0317. The van der Waals surface area contributed by atoms with Gasteiger partial charge in [0.1, 0.15) is 0 Å². The van der Waals surface area contributed by atoms with Gasteiger partial charge in [0.15, 0.2) is 0 Å². The summed E-state index contributed by atoms with van der Waals surface area (Å²) >= 11 is 0. The molecule has 0 radical (unpaired) electrons. The van der Waals surface area contributed by atoms with Crippen LogP contribution in [0, 0.1) is 0 Å². The fourth-order valence-electron chi connectivity index (χ4n) is 2.24. The Labute approximate surface area is 108 Å².